The third-order valence-electron chi connectivity index (χ3n) is 4.89. The van der Waals surface area contributed by atoms with Crippen LogP contribution in [0.1, 0.15) is 37.3 Å². The number of rotatable bonds is 5. The van der Waals surface area contributed by atoms with Gasteiger partial charge in [0.05, 0.1) is 4.90 Å². The summed E-state index contributed by atoms with van der Waals surface area (Å²) in [5.41, 5.74) is 2.30. The van der Waals surface area contributed by atoms with E-state index in [9.17, 15) is 8.42 Å². The minimum absolute atomic E-state index is 0.235. The summed E-state index contributed by atoms with van der Waals surface area (Å²) in [4.78, 5) is 0.456. The van der Waals surface area contributed by atoms with E-state index in [4.69, 9.17) is 0 Å². The van der Waals surface area contributed by atoms with Crippen LogP contribution in [0.25, 0.3) is 0 Å². The van der Waals surface area contributed by atoms with Gasteiger partial charge in [0.2, 0.25) is 10.0 Å². The molecule has 116 valence electrons. The number of nitrogens with zero attached hydrogens (tertiary/aromatic N) is 1. The lowest BCUT2D eigenvalue weighted by Gasteiger charge is -2.26. The van der Waals surface area contributed by atoms with Crippen LogP contribution < -0.4 is 5.32 Å². The van der Waals surface area contributed by atoms with Gasteiger partial charge < -0.3 is 5.32 Å². The van der Waals surface area contributed by atoms with E-state index in [1.807, 2.05) is 19.2 Å². The van der Waals surface area contributed by atoms with Gasteiger partial charge >= 0.3 is 0 Å². The minimum atomic E-state index is -3.33. The second-order valence-corrected chi connectivity index (χ2v) is 8.11. The van der Waals surface area contributed by atoms with Gasteiger partial charge in [0, 0.05) is 19.1 Å². The van der Waals surface area contributed by atoms with Gasteiger partial charge in [-0.05, 0) is 61.9 Å². The molecule has 2 bridgehead atoms. The van der Waals surface area contributed by atoms with Crippen molar-refractivity contribution in [2.24, 2.45) is 5.92 Å². The summed E-state index contributed by atoms with van der Waals surface area (Å²) in [6, 6.07) is 5.84. The smallest absolute Gasteiger partial charge is 0.243 e. The summed E-state index contributed by atoms with van der Waals surface area (Å²) < 4.78 is 27.5. The van der Waals surface area contributed by atoms with Crippen LogP contribution in [-0.2, 0) is 23.0 Å². The van der Waals surface area contributed by atoms with Crippen molar-refractivity contribution < 1.29 is 8.42 Å². The van der Waals surface area contributed by atoms with Crippen LogP contribution in [0.4, 0.5) is 0 Å². The zero-order chi connectivity index (χ0) is 15.0. The molecule has 0 aromatic heterocycles. The Morgan fingerprint density at radius 3 is 2.67 bits per heavy atom. The van der Waals surface area contributed by atoms with E-state index in [0.29, 0.717) is 23.9 Å². The van der Waals surface area contributed by atoms with Crippen molar-refractivity contribution in [1.82, 2.24) is 9.62 Å². The summed E-state index contributed by atoms with van der Waals surface area (Å²) in [6.07, 6.45) is 4.19. The average Bonchev–Trinajstić information content (AvgIpc) is 3.10. The molecule has 2 aliphatic rings. The van der Waals surface area contributed by atoms with E-state index in [2.05, 4.69) is 12.2 Å². The molecule has 2 atom stereocenters. The lowest BCUT2D eigenvalue weighted by Crippen LogP contribution is -2.37. The van der Waals surface area contributed by atoms with Crippen LogP contribution in [0.2, 0.25) is 0 Å². The number of nitrogens with one attached hydrogen (secondary N) is 1. The molecular formula is C16H24N2O2S. The fourth-order valence-corrected chi connectivity index (χ4v) is 5.56. The number of hydrogen-bond acceptors (Lipinski definition) is 3. The predicted molar refractivity (Wildman–Crippen MR) is 83.6 cm³/mol. The molecule has 3 rings (SSSR count). The number of aryl methyl sites for hydroxylation is 1. The molecule has 1 N–H and O–H groups in total. The first kappa shape index (κ1) is 15.0. The van der Waals surface area contributed by atoms with Crippen LogP contribution in [0.3, 0.4) is 0 Å². The van der Waals surface area contributed by atoms with E-state index in [1.54, 1.807) is 10.4 Å². The molecule has 1 heterocycles. The maximum absolute atomic E-state index is 12.9. The van der Waals surface area contributed by atoms with E-state index in [0.717, 1.165) is 24.8 Å². The van der Waals surface area contributed by atoms with Crippen LogP contribution in [0, 0.1) is 5.92 Å². The summed E-state index contributed by atoms with van der Waals surface area (Å²) in [5.74, 6) is 0.580. The first-order valence-electron chi connectivity index (χ1n) is 7.84. The monoisotopic (exact) mass is 308 g/mol. The van der Waals surface area contributed by atoms with Crippen molar-refractivity contribution >= 4 is 10.0 Å². The van der Waals surface area contributed by atoms with E-state index < -0.39 is 10.0 Å². The largest absolute Gasteiger partial charge is 0.316 e. The molecule has 0 amide bonds. The van der Waals surface area contributed by atoms with Gasteiger partial charge in [0.15, 0.2) is 0 Å². The van der Waals surface area contributed by atoms with E-state index in [1.165, 1.54) is 12.0 Å². The topological polar surface area (TPSA) is 49.4 Å². The van der Waals surface area contributed by atoms with Gasteiger partial charge in [0.25, 0.3) is 0 Å². The zero-order valence-electron chi connectivity index (χ0n) is 12.8. The lowest BCUT2D eigenvalue weighted by molar-refractivity contribution is 0.333. The summed E-state index contributed by atoms with van der Waals surface area (Å²) in [7, 11) is -1.44. The summed E-state index contributed by atoms with van der Waals surface area (Å²) >= 11 is 0. The van der Waals surface area contributed by atoms with Crippen molar-refractivity contribution in [2.45, 2.75) is 50.1 Å². The molecule has 21 heavy (non-hydrogen) atoms. The first-order valence-corrected chi connectivity index (χ1v) is 9.28. The number of fused-ring (bicyclic) bond motifs is 2. The second-order valence-electron chi connectivity index (χ2n) is 6.22. The predicted octanol–water partition coefficient (Wildman–Crippen LogP) is 2.14. The lowest BCUT2D eigenvalue weighted by atomic mass is 10.1. The van der Waals surface area contributed by atoms with Crippen molar-refractivity contribution in [3.63, 3.8) is 0 Å². The number of benzene rings is 1. The van der Waals surface area contributed by atoms with Crippen LogP contribution in [-0.4, -0.2) is 32.4 Å². The maximum Gasteiger partial charge on any atom is 0.243 e. The van der Waals surface area contributed by atoms with Crippen molar-refractivity contribution in [3.8, 4) is 0 Å². The molecule has 1 aliphatic heterocycles. The summed E-state index contributed by atoms with van der Waals surface area (Å²) in [5, 5.41) is 3.13. The number of sulfonamides is 1. The van der Waals surface area contributed by atoms with Crippen molar-refractivity contribution in [3.05, 3.63) is 29.3 Å². The van der Waals surface area contributed by atoms with Gasteiger partial charge in [-0.25, -0.2) is 8.42 Å². The third kappa shape index (κ3) is 2.62. The Labute approximate surface area is 127 Å². The molecule has 1 aliphatic carbocycles. The van der Waals surface area contributed by atoms with E-state index in [-0.39, 0.29) is 6.04 Å². The minimum Gasteiger partial charge on any atom is -0.316 e. The van der Waals surface area contributed by atoms with E-state index >= 15 is 0 Å². The van der Waals surface area contributed by atoms with Crippen LogP contribution >= 0.6 is 0 Å². The molecule has 5 heteroatoms. The maximum atomic E-state index is 12.9. The highest BCUT2D eigenvalue weighted by Gasteiger charge is 2.44. The Morgan fingerprint density at radius 1 is 1.29 bits per heavy atom. The Bertz CT molecular complexity index is 627. The average molecular weight is 308 g/mol. The highest BCUT2D eigenvalue weighted by atomic mass is 32.2. The Balaban J connectivity index is 1.93. The van der Waals surface area contributed by atoms with Gasteiger partial charge in [-0.2, -0.15) is 4.31 Å². The molecule has 1 aromatic rings. The van der Waals surface area contributed by atoms with Gasteiger partial charge in [-0.1, -0.05) is 13.0 Å². The molecule has 0 radical (unpaired) electrons. The molecule has 0 spiro atoms. The Morgan fingerprint density at radius 2 is 2.10 bits per heavy atom. The van der Waals surface area contributed by atoms with Crippen LogP contribution in [0.5, 0.6) is 0 Å². The fourth-order valence-electron chi connectivity index (χ4n) is 3.77. The SMILES string of the molecule is CCc1ccc(S(=O)(=O)N2CC3CCC2C3)cc1CNC. The number of hydrogen-bond donors (Lipinski definition) is 1. The van der Waals surface area contributed by atoms with Gasteiger partial charge in [-0.3, -0.25) is 0 Å². The van der Waals surface area contributed by atoms with Gasteiger partial charge in [0.1, 0.15) is 0 Å². The van der Waals surface area contributed by atoms with Gasteiger partial charge in [-0.15, -0.1) is 0 Å². The molecule has 1 saturated heterocycles. The fraction of sp³-hybridized carbons (Fsp3) is 0.625. The summed E-state index contributed by atoms with van der Waals surface area (Å²) in [6.45, 7) is 3.52. The second kappa shape index (κ2) is 5.71. The molecule has 1 saturated carbocycles. The highest BCUT2D eigenvalue weighted by molar-refractivity contribution is 7.89. The molecule has 2 fully saturated rings. The molecular weight excluding hydrogens is 284 g/mol. The third-order valence-corrected chi connectivity index (χ3v) is 6.81. The molecule has 2 unspecified atom stereocenters. The molecule has 1 aromatic carbocycles. The van der Waals surface area contributed by atoms with Crippen LogP contribution in [0.15, 0.2) is 23.1 Å². The Kier molecular flexibility index (Phi) is 4.08. The Hall–Kier alpha value is -0.910. The quantitative estimate of drug-likeness (QED) is 0.906. The number of piperidine rings is 1. The standard InChI is InChI=1S/C16H24N2O2S/c1-3-13-5-7-16(9-14(13)10-17-2)21(19,20)18-11-12-4-6-15(18)8-12/h5,7,9,12,15,17H,3-4,6,8,10-11H2,1-2H3. The molecule has 4 nitrogen and oxygen atoms in total. The normalized spacial score (nSPS) is 25.6. The van der Waals surface area contributed by atoms with Crippen molar-refractivity contribution in [2.75, 3.05) is 13.6 Å². The zero-order valence-corrected chi connectivity index (χ0v) is 13.6. The highest BCUT2D eigenvalue weighted by Crippen LogP contribution is 2.40. The first-order chi connectivity index (χ1) is 10.1. The van der Waals surface area contributed by atoms with Crippen molar-refractivity contribution in [1.29, 1.82) is 0 Å².